The van der Waals surface area contributed by atoms with Crippen LogP contribution in [0.4, 0.5) is 11.4 Å². The Kier molecular flexibility index (Phi) is 2.28. The van der Waals surface area contributed by atoms with Crippen LogP contribution in [0.25, 0.3) is 0 Å². The molecule has 3 heteroatoms. The highest BCUT2D eigenvalue weighted by atomic mass is 16.5. The highest BCUT2D eigenvalue weighted by molar-refractivity contribution is 5.67. The number of aryl methyl sites for hydroxylation is 1. The van der Waals surface area contributed by atoms with Crippen LogP contribution >= 0.6 is 0 Å². The molecule has 2 heterocycles. The minimum absolute atomic E-state index is 0.393. The number of ether oxygens (including phenoxy) is 1. The van der Waals surface area contributed by atoms with Crippen molar-refractivity contribution in [2.24, 2.45) is 0 Å². The van der Waals surface area contributed by atoms with E-state index in [1.807, 2.05) is 12.1 Å². The molecule has 0 aromatic heterocycles. The van der Waals surface area contributed by atoms with Crippen LogP contribution in [-0.2, 0) is 4.74 Å². The third kappa shape index (κ3) is 1.65. The molecule has 3 unspecified atom stereocenters. The molecule has 86 valence electrons. The molecule has 0 amide bonds. The lowest BCUT2D eigenvalue weighted by atomic mass is 9.95. The average Bonchev–Trinajstić information content (AvgIpc) is 2.85. The third-order valence-electron chi connectivity index (χ3n) is 3.66. The quantitative estimate of drug-likeness (QED) is 0.749. The molecule has 16 heavy (non-hydrogen) atoms. The first-order valence-electron chi connectivity index (χ1n) is 6.00. The van der Waals surface area contributed by atoms with E-state index >= 15 is 0 Å². The van der Waals surface area contributed by atoms with Gasteiger partial charge < -0.3 is 15.8 Å². The smallest absolute Gasteiger partial charge is 0.0781 e. The molecule has 1 aromatic carbocycles. The SMILES string of the molecule is Cc1ccc(N)c(NC2CC3CCC2O3)c1. The fraction of sp³-hybridized carbons (Fsp3) is 0.538. The normalized spacial score (nSPS) is 31.9. The molecule has 3 nitrogen and oxygen atoms in total. The number of benzene rings is 1. The van der Waals surface area contributed by atoms with Gasteiger partial charge in [0.2, 0.25) is 0 Å². The first-order chi connectivity index (χ1) is 7.72. The lowest BCUT2D eigenvalue weighted by Crippen LogP contribution is -2.30. The number of hydrogen-bond donors (Lipinski definition) is 2. The summed E-state index contributed by atoms with van der Waals surface area (Å²) in [5.41, 5.74) is 9.08. The monoisotopic (exact) mass is 218 g/mol. The Morgan fingerprint density at radius 2 is 2.25 bits per heavy atom. The zero-order valence-corrected chi connectivity index (χ0v) is 9.57. The molecule has 2 bridgehead atoms. The summed E-state index contributed by atoms with van der Waals surface area (Å²) in [5.74, 6) is 0. The first kappa shape index (κ1) is 9.97. The lowest BCUT2D eigenvalue weighted by Gasteiger charge is -2.22. The standard InChI is InChI=1S/C13H18N2O/c1-8-2-4-10(14)11(6-8)15-12-7-9-3-5-13(12)16-9/h2,4,6,9,12-13,15H,3,5,7,14H2,1H3. The highest BCUT2D eigenvalue weighted by Gasteiger charge is 2.40. The second-order valence-corrected chi connectivity index (χ2v) is 4.95. The Bertz CT molecular complexity index is 405. The van der Waals surface area contributed by atoms with Crippen molar-refractivity contribution in [2.45, 2.75) is 44.4 Å². The van der Waals surface area contributed by atoms with Gasteiger partial charge in [0.1, 0.15) is 0 Å². The second kappa shape index (κ2) is 3.67. The van der Waals surface area contributed by atoms with Crippen LogP contribution in [0.5, 0.6) is 0 Å². The van der Waals surface area contributed by atoms with Crippen LogP contribution in [0, 0.1) is 6.92 Å². The number of rotatable bonds is 2. The van der Waals surface area contributed by atoms with Gasteiger partial charge in [-0.2, -0.15) is 0 Å². The minimum atomic E-state index is 0.393. The Balaban J connectivity index is 1.76. The van der Waals surface area contributed by atoms with E-state index in [4.69, 9.17) is 10.5 Å². The topological polar surface area (TPSA) is 47.3 Å². The van der Waals surface area contributed by atoms with Gasteiger partial charge in [-0.3, -0.25) is 0 Å². The lowest BCUT2D eigenvalue weighted by molar-refractivity contribution is 0.102. The summed E-state index contributed by atoms with van der Waals surface area (Å²) in [4.78, 5) is 0. The molecular formula is C13H18N2O. The van der Waals surface area contributed by atoms with E-state index in [0.29, 0.717) is 18.2 Å². The van der Waals surface area contributed by atoms with E-state index in [1.165, 1.54) is 18.4 Å². The largest absolute Gasteiger partial charge is 0.397 e. The maximum Gasteiger partial charge on any atom is 0.0781 e. The summed E-state index contributed by atoms with van der Waals surface area (Å²) >= 11 is 0. The Morgan fingerprint density at radius 1 is 1.38 bits per heavy atom. The van der Waals surface area contributed by atoms with Crippen molar-refractivity contribution in [3.63, 3.8) is 0 Å². The summed E-state index contributed by atoms with van der Waals surface area (Å²) in [7, 11) is 0. The Hall–Kier alpha value is -1.22. The van der Waals surface area contributed by atoms with Crippen molar-refractivity contribution < 1.29 is 4.74 Å². The van der Waals surface area contributed by atoms with E-state index in [2.05, 4.69) is 18.3 Å². The number of nitrogens with two attached hydrogens (primary N) is 1. The fourth-order valence-corrected chi connectivity index (χ4v) is 2.78. The van der Waals surface area contributed by atoms with Gasteiger partial charge in [-0.05, 0) is 43.9 Å². The van der Waals surface area contributed by atoms with Crippen LogP contribution < -0.4 is 11.1 Å². The molecule has 3 N–H and O–H groups in total. The average molecular weight is 218 g/mol. The molecule has 2 aliphatic rings. The number of nitrogens with one attached hydrogen (secondary N) is 1. The van der Waals surface area contributed by atoms with Gasteiger partial charge in [-0.1, -0.05) is 6.07 Å². The molecule has 3 rings (SSSR count). The summed E-state index contributed by atoms with van der Waals surface area (Å²) in [5, 5.41) is 3.53. The molecule has 2 aliphatic heterocycles. The van der Waals surface area contributed by atoms with Gasteiger partial charge >= 0.3 is 0 Å². The molecule has 3 atom stereocenters. The molecule has 0 spiro atoms. The molecule has 1 aromatic rings. The van der Waals surface area contributed by atoms with E-state index in [9.17, 15) is 0 Å². The maximum absolute atomic E-state index is 5.96. The molecule has 2 saturated heterocycles. The van der Waals surface area contributed by atoms with Crippen LogP contribution in [0.3, 0.4) is 0 Å². The second-order valence-electron chi connectivity index (χ2n) is 4.95. The summed E-state index contributed by atoms with van der Waals surface area (Å²) < 4.78 is 5.82. The molecular weight excluding hydrogens is 200 g/mol. The van der Waals surface area contributed by atoms with Crippen molar-refractivity contribution in [1.29, 1.82) is 0 Å². The van der Waals surface area contributed by atoms with Crippen molar-refractivity contribution in [3.05, 3.63) is 23.8 Å². The summed E-state index contributed by atoms with van der Waals surface area (Å²) in [6.07, 6.45) is 4.41. The zero-order valence-electron chi connectivity index (χ0n) is 9.57. The molecule has 0 aliphatic carbocycles. The van der Waals surface area contributed by atoms with Crippen molar-refractivity contribution in [3.8, 4) is 0 Å². The van der Waals surface area contributed by atoms with Gasteiger partial charge in [-0.25, -0.2) is 0 Å². The van der Waals surface area contributed by atoms with E-state index < -0.39 is 0 Å². The third-order valence-corrected chi connectivity index (χ3v) is 3.66. The van der Waals surface area contributed by atoms with E-state index in [1.54, 1.807) is 0 Å². The maximum atomic E-state index is 5.96. The Labute approximate surface area is 96.0 Å². The molecule has 0 radical (unpaired) electrons. The van der Waals surface area contributed by atoms with Gasteiger partial charge in [0.15, 0.2) is 0 Å². The number of fused-ring (bicyclic) bond motifs is 2. The van der Waals surface area contributed by atoms with Crippen molar-refractivity contribution in [1.82, 2.24) is 0 Å². The Morgan fingerprint density at radius 3 is 2.94 bits per heavy atom. The molecule has 0 saturated carbocycles. The fourth-order valence-electron chi connectivity index (χ4n) is 2.78. The van der Waals surface area contributed by atoms with Crippen LogP contribution in [0.2, 0.25) is 0 Å². The predicted molar refractivity (Wildman–Crippen MR) is 65.5 cm³/mol. The summed E-state index contributed by atoms with van der Waals surface area (Å²) in [6, 6.07) is 6.56. The number of nitrogen functional groups attached to an aromatic ring is 1. The van der Waals surface area contributed by atoms with Crippen molar-refractivity contribution >= 4 is 11.4 Å². The van der Waals surface area contributed by atoms with Gasteiger partial charge in [0, 0.05) is 0 Å². The summed E-state index contributed by atoms with van der Waals surface area (Å²) in [6.45, 7) is 2.09. The van der Waals surface area contributed by atoms with Gasteiger partial charge in [0.05, 0.1) is 29.6 Å². The van der Waals surface area contributed by atoms with Crippen LogP contribution in [-0.4, -0.2) is 18.2 Å². The van der Waals surface area contributed by atoms with E-state index in [-0.39, 0.29) is 0 Å². The first-order valence-corrected chi connectivity index (χ1v) is 6.00. The van der Waals surface area contributed by atoms with Crippen LogP contribution in [0.15, 0.2) is 18.2 Å². The number of anilines is 2. The molecule has 2 fully saturated rings. The zero-order chi connectivity index (χ0) is 11.1. The van der Waals surface area contributed by atoms with Gasteiger partial charge in [-0.15, -0.1) is 0 Å². The van der Waals surface area contributed by atoms with E-state index in [0.717, 1.165) is 17.8 Å². The van der Waals surface area contributed by atoms with Gasteiger partial charge in [0.25, 0.3) is 0 Å². The highest BCUT2D eigenvalue weighted by Crippen LogP contribution is 2.36. The van der Waals surface area contributed by atoms with Crippen LogP contribution in [0.1, 0.15) is 24.8 Å². The number of hydrogen-bond acceptors (Lipinski definition) is 3. The predicted octanol–water partition coefficient (Wildman–Crippen LogP) is 2.31. The minimum Gasteiger partial charge on any atom is -0.397 e. The van der Waals surface area contributed by atoms with Crippen molar-refractivity contribution in [2.75, 3.05) is 11.1 Å².